The Morgan fingerprint density at radius 1 is 1.25 bits per heavy atom. The Bertz CT molecular complexity index is 493. The number of anilines is 1. The highest BCUT2D eigenvalue weighted by Crippen LogP contribution is 2.36. The van der Waals surface area contributed by atoms with Crippen molar-refractivity contribution in [2.24, 2.45) is 0 Å². The Labute approximate surface area is 117 Å². The monoisotopic (exact) mass is 313 g/mol. The normalized spacial score (nSPS) is 10.9. The Morgan fingerprint density at radius 3 is 2.30 bits per heavy atom. The summed E-state index contributed by atoms with van der Waals surface area (Å²) in [7, 11) is 2.75. The van der Waals surface area contributed by atoms with E-state index in [2.05, 4.69) is 10.1 Å². The number of amides is 1. The fraction of sp³-hybridized carbons (Fsp3) is 0.364. The molecule has 0 aliphatic carbocycles. The summed E-state index contributed by atoms with van der Waals surface area (Å²) in [5.74, 6) is 0.565. The van der Waals surface area contributed by atoms with Crippen LogP contribution in [0.4, 0.5) is 23.7 Å². The molecule has 0 atom stereocenters. The molecular formula is C11H11ClF3NO4. The summed E-state index contributed by atoms with van der Waals surface area (Å²) in [6, 6.07) is 2.65. The van der Waals surface area contributed by atoms with E-state index in [1.807, 2.05) is 0 Å². The lowest BCUT2D eigenvalue weighted by Gasteiger charge is -2.13. The van der Waals surface area contributed by atoms with E-state index in [0.29, 0.717) is 5.75 Å². The van der Waals surface area contributed by atoms with Gasteiger partial charge in [-0.05, 0) is 0 Å². The third-order valence-electron chi connectivity index (χ3n) is 2.08. The summed E-state index contributed by atoms with van der Waals surface area (Å²) in [4.78, 5) is 11.2. The van der Waals surface area contributed by atoms with Crippen molar-refractivity contribution in [3.05, 3.63) is 17.2 Å². The van der Waals surface area contributed by atoms with Gasteiger partial charge in [-0.25, -0.2) is 4.79 Å². The molecule has 0 unspecified atom stereocenters. The summed E-state index contributed by atoms with van der Waals surface area (Å²) >= 11 is 5.84. The van der Waals surface area contributed by atoms with E-state index in [4.69, 9.17) is 21.1 Å². The van der Waals surface area contributed by atoms with Gasteiger partial charge in [0.1, 0.15) is 0 Å². The molecule has 1 aromatic carbocycles. The van der Waals surface area contributed by atoms with Gasteiger partial charge < -0.3 is 14.2 Å². The Hall–Kier alpha value is -1.83. The molecule has 0 bridgehead atoms. The number of ether oxygens (including phenoxy) is 3. The Kier molecular flexibility index (Phi) is 5.32. The van der Waals surface area contributed by atoms with Gasteiger partial charge in [0.25, 0.3) is 0 Å². The van der Waals surface area contributed by atoms with Crippen LogP contribution >= 0.6 is 11.6 Å². The lowest BCUT2D eigenvalue weighted by Crippen LogP contribution is -2.23. The van der Waals surface area contributed by atoms with E-state index < -0.39 is 18.9 Å². The largest absolute Gasteiger partial charge is 0.493 e. The van der Waals surface area contributed by atoms with E-state index in [1.165, 1.54) is 26.4 Å². The molecule has 0 aromatic heterocycles. The second kappa shape index (κ2) is 6.56. The van der Waals surface area contributed by atoms with Crippen molar-refractivity contribution in [2.45, 2.75) is 6.18 Å². The van der Waals surface area contributed by atoms with Crippen LogP contribution in [0.5, 0.6) is 11.5 Å². The first-order chi connectivity index (χ1) is 9.26. The zero-order chi connectivity index (χ0) is 15.3. The van der Waals surface area contributed by atoms with Crippen molar-refractivity contribution in [1.29, 1.82) is 0 Å². The highest BCUT2D eigenvalue weighted by atomic mass is 35.5. The third kappa shape index (κ3) is 4.69. The molecular weight excluding hydrogens is 303 g/mol. The number of nitrogens with one attached hydrogen (secondary N) is 1. The van der Waals surface area contributed by atoms with Crippen molar-refractivity contribution in [2.75, 3.05) is 26.1 Å². The fourth-order valence-electron chi connectivity index (χ4n) is 1.24. The van der Waals surface area contributed by atoms with Crippen LogP contribution in [0.15, 0.2) is 12.1 Å². The van der Waals surface area contributed by atoms with E-state index in [-0.39, 0.29) is 16.5 Å². The van der Waals surface area contributed by atoms with Crippen LogP contribution in [0.1, 0.15) is 0 Å². The van der Waals surface area contributed by atoms with Crippen LogP contribution in [-0.4, -0.2) is 33.1 Å². The van der Waals surface area contributed by atoms with Crippen LogP contribution in [0.3, 0.4) is 0 Å². The van der Waals surface area contributed by atoms with Gasteiger partial charge in [0.2, 0.25) is 0 Å². The lowest BCUT2D eigenvalue weighted by molar-refractivity contribution is -0.159. The maximum absolute atomic E-state index is 11.9. The van der Waals surface area contributed by atoms with E-state index in [0.717, 1.165) is 0 Å². The van der Waals surface area contributed by atoms with Gasteiger partial charge >= 0.3 is 12.3 Å². The molecule has 9 heteroatoms. The molecule has 5 nitrogen and oxygen atoms in total. The molecule has 1 N–H and O–H groups in total. The maximum Gasteiger partial charge on any atom is 0.422 e. The average Bonchev–Trinajstić information content (AvgIpc) is 2.37. The van der Waals surface area contributed by atoms with Crippen molar-refractivity contribution in [3.8, 4) is 11.5 Å². The summed E-state index contributed by atoms with van der Waals surface area (Å²) in [5, 5.41) is 2.14. The number of carbonyl (C=O) groups is 1. The maximum atomic E-state index is 11.9. The predicted octanol–water partition coefficient (Wildman–Crippen LogP) is 3.47. The molecule has 1 amide bonds. The van der Waals surface area contributed by atoms with Gasteiger partial charge in [0.05, 0.1) is 24.9 Å². The first-order valence-corrected chi connectivity index (χ1v) is 5.56. The SMILES string of the molecule is COc1cc(Cl)c(NC(=O)OCC(F)(F)F)cc1OC. The van der Waals surface area contributed by atoms with Gasteiger partial charge in [0, 0.05) is 12.1 Å². The average molecular weight is 314 g/mol. The molecule has 0 saturated carbocycles. The van der Waals surface area contributed by atoms with Crippen LogP contribution in [0.2, 0.25) is 5.02 Å². The molecule has 0 radical (unpaired) electrons. The topological polar surface area (TPSA) is 56.8 Å². The minimum atomic E-state index is -4.60. The number of hydrogen-bond acceptors (Lipinski definition) is 4. The van der Waals surface area contributed by atoms with Crippen LogP contribution in [0.25, 0.3) is 0 Å². The molecule has 0 spiro atoms. The molecule has 0 aliphatic heterocycles. The van der Waals surface area contributed by atoms with Crippen molar-refractivity contribution in [1.82, 2.24) is 0 Å². The molecule has 1 rings (SSSR count). The molecule has 112 valence electrons. The number of rotatable bonds is 4. The van der Waals surface area contributed by atoms with Crippen LogP contribution in [-0.2, 0) is 4.74 Å². The lowest BCUT2D eigenvalue weighted by atomic mass is 10.2. The number of methoxy groups -OCH3 is 2. The zero-order valence-electron chi connectivity index (χ0n) is 10.5. The number of benzene rings is 1. The highest BCUT2D eigenvalue weighted by Gasteiger charge is 2.29. The first-order valence-electron chi connectivity index (χ1n) is 5.19. The van der Waals surface area contributed by atoms with E-state index in [9.17, 15) is 18.0 Å². The second-order valence-electron chi connectivity index (χ2n) is 3.50. The van der Waals surface area contributed by atoms with E-state index >= 15 is 0 Å². The smallest absolute Gasteiger partial charge is 0.422 e. The summed E-state index contributed by atoms with van der Waals surface area (Å²) in [6.07, 6.45) is -5.88. The van der Waals surface area contributed by atoms with Gasteiger partial charge in [-0.3, -0.25) is 5.32 Å². The van der Waals surface area contributed by atoms with Crippen molar-refractivity contribution < 1.29 is 32.2 Å². The van der Waals surface area contributed by atoms with Gasteiger partial charge in [-0.15, -0.1) is 0 Å². The Morgan fingerprint density at radius 2 is 1.80 bits per heavy atom. The summed E-state index contributed by atoms with van der Waals surface area (Å²) < 4.78 is 49.6. The van der Waals surface area contributed by atoms with Crippen molar-refractivity contribution in [3.63, 3.8) is 0 Å². The highest BCUT2D eigenvalue weighted by molar-refractivity contribution is 6.33. The number of hydrogen-bond donors (Lipinski definition) is 1. The minimum absolute atomic E-state index is 0.0384. The second-order valence-corrected chi connectivity index (χ2v) is 3.91. The number of halogens is 4. The Balaban J connectivity index is 2.79. The van der Waals surface area contributed by atoms with Gasteiger partial charge in [-0.2, -0.15) is 13.2 Å². The number of alkyl halides is 3. The van der Waals surface area contributed by atoms with Gasteiger partial charge in [0.15, 0.2) is 18.1 Å². The number of carbonyl (C=O) groups excluding carboxylic acids is 1. The quantitative estimate of drug-likeness (QED) is 0.924. The first kappa shape index (κ1) is 16.2. The third-order valence-corrected chi connectivity index (χ3v) is 2.39. The van der Waals surface area contributed by atoms with Crippen molar-refractivity contribution >= 4 is 23.4 Å². The molecule has 0 heterocycles. The van der Waals surface area contributed by atoms with Crippen LogP contribution < -0.4 is 14.8 Å². The molecule has 0 saturated heterocycles. The zero-order valence-corrected chi connectivity index (χ0v) is 11.3. The molecule has 0 fully saturated rings. The summed E-state index contributed by atoms with van der Waals surface area (Å²) in [6.45, 7) is -1.69. The minimum Gasteiger partial charge on any atom is -0.493 e. The molecule has 1 aromatic rings. The fourth-order valence-corrected chi connectivity index (χ4v) is 1.44. The molecule has 20 heavy (non-hydrogen) atoms. The van der Waals surface area contributed by atoms with Gasteiger partial charge in [-0.1, -0.05) is 11.6 Å². The molecule has 0 aliphatic rings. The van der Waals surface area contributed by atoms with Crippen LogP contribution in [0, 0.1) is 0 Å². The van der Waals surface area contributed by atoms with E-state index in [1.54, 1.807) is 0 Å². The standard InChI is InChI=1S/C11H11ClF3NO4/c1-18-8-3-6(12)7(4-9(8)19-2)16-10(17)20-5-11(13,14)15/h3-4H,5H2,1-2H3,(H,16,17). The summed E-state index contributed by atoms with van der Waals surface area (Å²) in [5.41, 5.74) is 0.0384. The predicted molar refractivity (Wildman–Crippen MR) is 65.6 cm³/mol.